The number of benzene rings is 3. The van der Waals surface area contributed by atoms with Gasteiger partial charge in [-0.05, 0) is 53.4 Å². The van der Waals surface area contributed by atoms with Crippen LogP contribution in [0.2, 0.25) is 0 Å². The summed E-state index contributed by atoms with van der Waals surface area (Å²) in [5.74, 6) is -0.387. The zero-order valence-corrected chi connectivity index (χ0v) is 20.7. The van der Waals surface area contributed by atoms with Crippen LogP contribution >= 0.6 is 11.3 Å². The van der Waals surface area contributed by atoms with Gasteiger partial charge in [-0.25, -0.2) is 9.18 Å². The molecule has 0 aliphatic rings. The number of rotatable bonds is 8. The van der Waals surface area contributed by atoms with Gasteiger partial charge in [0.2, 0.25) is 11.0 Å². The van der Waals surface area contributed by atoms with E-state index in [0.29, 0.717) is 22.2 Å². The fourth-order valence-electron chi connectivity index (χ4n) is 3.51. The lowest BCUT2D eigenvalue weighted by Crippen LogP contribution is -2.46. The molecule has 0 fully saturated rings. The van der Waals surface area contributed by atoms with Crippen molar-refractivity contribution in [2.75, 3.05) is 10.6 Å². The lowest BCUT2D eigenvalue weighted by atomic mass is 10.0. The number of hydrogen-bond donors (Lipinski definition) is 3. The molecule has 0 bridgehead atoms. The molecule has 0 radical (unpaired) electrons. The van der Waals surface area contributed by atoms with Crippen molar-refractivity contribution < 1.29 is 14.0 Å². The summed E-state index contributed by atoms with van der Waals surface area (Å²) in [5, 5.41) is 17.2. The first kappa shape index (κ1) is 25.0. The molecule has 1 heterocycles. The van der Waals surface area contributed by atoms with Crippen LogP contribution in [-0.2, 0) is 11.2 Å². The number of anilines is 2. The number of carbonyl (C=O) groups excluding carboxylic acids is 2. The Bertz CT molecular complexity index is 1310. The highest BCUT2D eigenvalue weighted by molar-refractivity contribution is 7.18. The maximum atomic E-state index is 13.2. The number of urea groups is 1. The lowest BCUT2D eigenvalue weighted by Gasteiger charge is -2.18. The zero-order valence-electron chi connectivity index (χ0n) is 19.9. The second-order valence-electron chi connectivity index (χ2n) is 8.53. The third-order valence-electron chi connectivity index (χ3n) is 5.49. The van der Waals surface area contributed by atoms with E-state index < -0.39 is 18.0 Å². The SMILES string of the molecule is CC(C)c1ccc(NC(=O)NC(Cc2ccccc2)C(=O)Nc2nnc(-c3ccc(F)cc3)s2)cc1. The Hall–Kier alpha value is -4.11. The van der Waals surface area contributed by atoms with Gasteiger partial charge in [0.05, 0.1) is 0 Å². The number of hydrogen-bond acceptors (Lipinski definition) is 5. The number of halogens is 1. The number of nitrogens with one attached hydrogen (secondary N) is 3. The molecule has 3 aromatic carbocycles. The molecule has 0 aliphatic heterocycles. The molecule has 184 valence electrons. The molecule has 3 N–H and O–H groups in total. The molecule has 9 heteroatoms. The van der Waals surface area contributed by atoms with E-state index in [4.69, 9.17) is 0 Å². The zero-order chi connectivity index (χ0) is 25.5. The smallest absolute Gasteiger partial charge is 0.319 e. The fourth-order valence-corrected chi connectivity index (χ4v) is 4.26. The average Bonchev–Trinajstić information content (AvgIpc) is 3.33. The van der Waals surface area contributed by atoms with E-state index >= 15 is 0 Å². The van der Waals surface area contributed by atoms with E-state index in [1.165, 1.54) is 17.7 Å². The van der Waals surface area contributed by atoms with Crippen LogP contribution in [0.1, 0.15) is 30.9 Å². The van der Waals surface area contributed by atoms with Crippen molar-refractivity contribution >= 4 is 34.1 Å². The van der Waals surface area contributed by atoms with Gasteiger partial charge < -0.3 is 10.6 Å². The highest BCUT2D eigenvalue weighted by atomic mass is 32.1. The first-order valence-electron chi connectivity index (χ1n) is 11.5. The van der Waals surface area contributed by atoms with E-state index in [1.54, 1.807) is 12.1 Å². The van der Waals surface area contributed by atoms with Gasteiger partial charge in [-0.2, -0.15) is 0 Å². The number of aromatic nitrogens is 2. The molecule has 36 heavy (non-hydrogen) atoms. The van der Waals surface area contributed by atoms with Crippen LogP contribution in [0.3, 0.4) is 0 Å². The number of carbonyl (C=O) groups is 2. The maximum absolute atomic E-state index is 13.2. The fraction of sp³-hybridized carbons (Fsp3) is 0.185. The summed E-state index contributed by atoms with van der Waals surface area (Å²) in [7, 11) is 0. The van der Waals surface area contributed by atoms with Crippen LogP contribution in [0.25, 0.3) is 10.6 Å². The van der Waals surface area contributed by atoms with Crippen LogP contribution in [0.5, 0.6) is 0 Å². The molecule has 4 aromatic rings. The van der Waals surface area contributed by atoms with Crippen LogP contribution < -0.4 is 16.0 Å². The van der Waals surface area contributed by atoms with Gasteiger partial charge in [-0.3, -0.25) is 10.1 Å². The van der Waals surface area contributed by atoms with Crippen LogP contribution in [0.15, 0.2) is 78.9 Å². The number of nitrogens with zero attached hydrogens (tertiary/aromatic N) is 2. The lowest BCUT2D eigenvalue weighted by molar-refractivity contribution is -0.117. The molecular weight excluding hydrogens is 477 g/mol. The summed E-state index contributed by atoms with van der Waals surface area (Å²) in [5.41, 5.74) is 3.38. The summed E-state index contributed by atoms with van der Waals surface area (Å²) in [6.07, 6.45) is 0.288. The predicted octanol–water partition coefficient (Wildman–Crippen LogP) is 5.84. The molecule has 3 amide bonds. The molecule has 0 saturated carbocycles. The monoisotopic (exact) mass is 503 g/mol. The third kappa shape index (κ3) is 6.73. The van der Waals surface area contributed by atoms with E-state index in [2.05, 4.69) is 40.0 Å². The Morgan fingerprint density at radius 3 is 2.25 bits per heavy atom. The summed E-state index contributed by atoms with van der Waals surface area (Å²) in [6, 6.07) is 21.5. The van der Waals surface area contributed by atoms with E-state index in [1.807, 2.05) is 54.6 Å². The minimum absolute atomic E-state index is 0.281. The minimum atomic E-state index is -0.861. The van der Waals surface area contributed by atoms with Gasteiger partial charge in [0, 0.05) is 17.7 Å². The largest absolute Gasteiger partial charge is 0.326 e. The number of amides is 3. The van der Waals surface area contributed by atoms with Crippen molar-refractivity contribution in [1.29, 1.82) is 0 Å². The van der Waals surface area contributed by atoms with Crippen molar-refractivity contribution in [1.82, 2.24) is 15.5 Å². The van der Waals surface area contributed by atoms with E-state index in [0.717, 1.165) is 16.9 Å². The third-order valence-corrected chi connectivity index (χ3v) is 6.37. The summed E-state index contributed by atoms with van der Waals surface area (Å²) < 4.78 is 13.2. The van der Waals surface area contributed by atoms with Crippen molar-refractivity contribution in [3.8, 4) is 10.6 Å². The molecule has 1 atom stereocenters. The van der Waals surface area contributed by atoms with Crippen molar-refractivity contribution in [2.24, 2.45) is 0 Å². The van der Waals surface area contributed by atoms with Gasteiger partial charge in [0.15, 0.2) is 0 Å². The molecule has 4 rings (SSSR count). The Labute approximate surface area is 212 Å². The second-order valence-corrected chi connectivity index (χ2v) is 9.50. The van der Waals surface area contributed by atoms with Crippen LogP contribution in [0.4, 0.5) is 20.0 Å². The Kier molecular flexibility index (Phi) is 8.02. The standard InChI is InChI=1S/C27H26FN5O2S/c1-17(2)19-10-14-22(15-11-19)29-26(35)30-23(16-18-6-4-3-5-7-18)24(34)31-27-33-32-25(36-27)20-8-12-21(28)13-9-20/h3-15,17,23H,16H2,1-2H3,(H2,29,30,35)(H,31,33,34). The van der Waals surface area contributed by atoms with Crippen molar-refractivity contribution in [3.63, 3.8) is 0 Å². The quantitative estimate of drug-likeness (QED) is 0.282. The Balaban J connectivity index is 1.45. The van der Waals surface area contributed by atoms with E-state index in [9.17, 15) is 14.0 Å². The molecular formula is C27H26FN5O2S. The molecule has 0 aliphatic carbocycles. The first-order valence-corrected chi connectivity index (χ1v) is 12.3. The van der Waals surface area contributed by atoms with Gasteiger partial charge in [0.1, 0.15) is 16.9 Å². The average molecular weight is 504 g/mol. The Morgan fingerprint density at radius 1 is 0.889 bits per heavy atom. The van der Waals surface area contributed by atoms with Gasteiger partial charge in [-0.1, -0.05) is 67.6 Å². The molecule has 0 spiro atoms. The van der Waals surface area contributed by atoms with Gasteiger partial charge in [-0.15, -0.1) is 10.2 Å². The van der Waals surface area contributed by atoms with Gasteiger partial charge >= 0.3 is 6.03 Å². The second kappa shape index (κ2) is 11.5. The highest BCUT2D eigenvalue weighted by Gasteiger charge is 2.23. The van der Waals surface area contributed by atoms with Crippen molar-refractivity contribution in [2.45, 2.75) is 32.2 Å². The summed E-state index contributed by atoms with van der Waals surface area (Å²) in [6.45, 7) is 4.20. The topological polar surface area (TPSA) is 96.0 Å². The summed E-state index contributed by atoms with van der Waals surface area (Å²) in [4.78, 5) is 25.9. The molecule has 1 aromatic heterocycles. The molecule has 7 nitrogen and oxygen atoms in total. The van der Waals surface area contributed by atoms with Crippen LogP contribution in [-0.4, -0.2) is 28.2 Å². The minimum Gasteiger partial charge on any atom is -0.326 e. The van der Waals surface area contributed by atoms with Gasteiger partial charge in [0.25, 0.3) is 0 Å². The Morgan fingerprint density at radius 2 is 1.58 bits per heavy atom. The normalized spacial score (nSPS) is 11.7. The molecule has 1 unspecified atom stereocenters. The highest BCUT2D eigenvalue weighted by Crippen LogP contribution is 2.26. The summed E-state index contributed by atoms with van der Waals surface area (Å²) >= 11 is 1.16. The maximum Gasteiger partial charge on any atom is 0.319 e. The predicted molar refractivity (Wildman–Crippen MR) is 141 cm³/mol. The first-order chi connectivity index (χ1) is 17.4. The van der Waals surface area contributed by atoms with Crippen LogP contribution in [0, 0.1) is 5.82 Å². The van der Waals surface area contributed by atoms with E-state index in [-0.39, 0.29) is 17.4 Å². The molecule has 0 saturated heterocycles. The van der Waals surface area contributed by atoms with Crippen molar-refractivity contribution in [3.05, 3.63) is 95.8 Å².